The Labute approximate surface area is 195 Å². The van der Waals surface area contributed by atoms with Crippen LogP contribution in [-0.2, 0) is 16.6 Å². The Morgan fingerprint density at radius 1 is 1.09 bits per heavy atom. The number of sulfonamides is 1. The first-order valence-electron chi connectivity index (χ1n) is 10.6. The number of ether oxygens (including phenoxy) is 1. The maximum absolute atomic E-state index is 13.2. The number of nitrogens with one attached hydrogen (secondary N) is 1. The third-order valence-corrected chi connectivity index (χ3v) is 9.47. The molecule has 3 aromatic rings. The van der Waals surface area contributed by atoms with E-state index in [2.05, 4.69) is 5.32 Å². The number of fused-ring (bicyclic) bond motifs is 4. The van der Waals surface area contributed by atoms with Crippen LogP contribution in [0.1, 0.15) is 28.4 Å². The summed E-state index contributed by atoms with van der Waals surface area (Å²) in [6.07, 6.45) is 0.841. The van der Waals surface area contributed by atoms with Gasteiger partial charge in [0, 0.05) is 36.8 Å². The highest BCUT2D eigenvalue weighted by Gasteiger charge is 2.40. The van der Waals surface area contributed by atoms with Crippen molar-refractivity contribution in [2.45, 2.75) is 23.1 Å². The Morgan fingerprint density at radius 3 is 2.58 bits per heavy atom. The number of pyridine rings is 1. The largest absolute Gasteiger partial charge is 0.497 e. The van der Waals surface area contributed by atoms with E-state index in [4.69, 9.17) is 4.74 Å². The van der Waals surface area contributed by atoms with Gasteiger partial charge in [-0.2, -0.15) is 4.31 Å². The Morgan fingerprint density at radius 2 is 1.88 bits per heavy atom. The molecule has 2 atom stereocenters. The zero-order chi connectivity index (χ0) is 23.2. The second-order valence-corrected chi connectivity index (χ2v) is 11.4. The molecule has 1 N–H and O–H groups in total. The van der Waals surface area contributed by atoms with Crippen LogP contribution in [0.3, 0.4) is 0 Å². The highest BCUT2D eigenvalue weighted by molar-refractivity contribution is 7.91. The normalized spacial score (nSPS) is 20.2. The Bertz CT molecular complexity index is 1350. The summed E-state index contributed by atoms with van der Waals surface area (Å²) in [5.74, 6) is 0.240. The lowest BCUT2D eigenvalue weighted by molar-refractivity contribution is 0.102. The van der Waals surface area contributed by atoms with E-state index in [0.717, 1.165) is 12.1 Å². The van der Waals surface area contributed by atoms with Gasteiger partial charge in [0.05, 0.1) is 7.11 Å². The molecule has 0 spiro atoms. The fourth-order valence-corrected chi connectivity index (χ4v) is 7.37. The van der Waals surface area contributed by atoms with Crippen LogP contribution in [-0.4, -0.2) is 43.4 Å². The lowest BCUT2D eigenvalue weighted by atomic mass is 9.84. The van der Waals surface area contributed by atoms with E-state index >= 15 is 0 Å². The highest BCUT2D eigenvalue weighted by Crippen LogP contribution is 2.38. The first-order chi connectivity index (χ1) is 15.9. The van der Waals surface area contributed by atoms with Crippen LogP contribution < -0.4 is 15.6 Å². The van der Waals surface area contributed by atoms with Gasteiger partial charge in [-0.3, -0.25) is 9.59 Å². The number of aromatic nitrogens is 1. The van der Waals surface area contributed by atoms with Gasteiger partial charge in [-0.05, 0) is 60.2 Å². The van der Waals surface area contributed by atoms with Gasteiger partial charge < -0.3 is 14.6 Å². The van der Waals surface area contributed by atoms with Crippen molar-refractivity contribution in [3.05, 3.63) is 75.5 Å². The number of carbonyl (C=O) groups is 1. The third-order valence-electron chi connectivity index (χ3n) is 6.26. The van der Waals surface area contributed by atoms with Crippen molar-refractivity contribution in [1.29, 1.82) is 0 Å². The number of hydrogen-bond acceptors (Lipinski definition) is 6. The summed E-state index contributed by atoms with van der Waals surface area (Å²) in [6, 6.07) is 13.4. The summed E-state index contributed by atoms with van der Waals surface area (Å²) in [5.41, 5.74) is 1.18. The molecule has 1 fully saturated rings. The summed E-state index contributed by atoms with van der Waals surface area (Å²) in [5, 5.41) is 4.47. The molecular weight excluding hydrogens is 462 g/mol. The summed E-state index contributed by atoms with van der Waals surface area (Å²) < 4.78 is 34.7. The number of nitrogens with zero attached hydrogens (tertiary/aromatic N) is 2. The molecule has 1 amide bonds. The van der Waals surface area contributed by atoms with E-state index < -0.39 is 10.0 Å². The third kappa shape index (κ3) is 3.98. The molecule has 0 radical (unpaired) electrons. The average Bonchev–Trinajstić information content (AvgIpc) is 3.37. The van der Waals surface area contributed by atoms with Gasteiger partial charge in [0.15, 0.2) is 0 Å². The molecule has 8 nitrogen and oxygen atoms in total. The van der Waals surface area contributed by atoms with Crippen LogP contribution in [0, 0.1) is 5.92 Å². The number of amides is 1. The summed E-state index contributed by atoms with van der Waals surface area (Å²) >= 11 is 1.22. The van der Waals surface area contributed by atoms with E-state index in [0.29, 0.717) is 35.2 Å². The minimum absolute atomic E-state index is 0.0382. The summed E-state index contributed by atoms with van der Waals surface area (Å²) in [7, 11) is -1.98. The van der Waals surface area contributed by atoms with E-state index in [1.165, 1.54) is 11.3 Å². The van der Waals surface area contributed by atoms with Crippen molar-refractivity contribution in [2.24, 2.45) is 5.92 Å². The Balaban J connectivity index is 1.39. The topological polar surface area (TPSA) is 97.7 Å². The van der Waals surface area contributed by atoms with Crippen LogP contribution in [0.4, 0.5) is 5.69 Å². The number of thiophene rings is 1. The van der Waals surface area contributed by atoms with Gasteiger partial charge in [-0.1, -0.05) is 6.07 Å². The van der Waals surface area contributed by atoms with Crippen molar-refractivity contribution in [1.82, 2.24) is 8.87 Å². The fourth-order valence-electron chi connectivity index (χ4n) is 4.67. The lowest BCUT2D eigenvalue weighted by Crippen LogP contribution is -2.49. The fraction of sp³-hybridized carbons (Fsp3) is 0.304. The Hall–Kier alpha value is -2.95. The molecule has 0 unspecified atom stereocenters. The summed E-state index contributed by atoms with van der Waals surface area (Å²) in [6.45, 7) is 1.14. The first-order valence-corrected chi connectivity index (χ1v) is 12.9. The smallest absolute Gasteiger partial charge is 0.274 e. The van der Waals surface area contributed by atoms with Gasteiger partial charge in [0.2, 0.25) is 0 Å². The molecule has 2 aromatic heterocycles. The number of benzene rings is 1. The van der Waals surface area contributed by atoms with Crippen molar-refractivity contribution >= 4 is 33.0 Å². The highest BCUT2D eigenvalue weighted by atomic mass is 32.2. The van der Waals surface area contributed by atoms with Crippen LogP contribution >= 0.6 is 11.3 Å². The van der Waals surface area contributed by atoms with E-state index in [9.17, 15) is 18.0 Å². The maximum atomic E-state index is 13.2. The van der Waals surface area contributed by atoms with Crippen molar-refractivity contribution in [3.8, 4) is 5.75 Å². The standard InChI is InChI=1S/C23H23N3O5S2/c1-31-18-6-4-16(5-7-18)22(27)24-19-8-9-20-17-11-15(13-26(20)23(19)28)12-25(14-17)33(29,30)21-3-2-10-32-21/h2-10,15,17H,11-14H2,1H3,(H,24,27)/t15-,17-/m1/s1. The van der Waals surface area contributed by atoms with Crippen LogP contribution in [0.2, 0.25) is 0 Å². The zero-order valence-corrected chi connectivity index (χ0v) is 19.6. The molecule has 2 bridgehead atoms. The predicted octanol–water partition coefficient (Wildman–Crippen LogP) is 2.98. The van der Waals surface area contributed by atoms with Crippen molar-refractivity contribution in [2.75, 3.05) is 25.5 Å². The van der Waals surface area contributed by atoms with Gasteiger partial charge >= 0.3 is 0 Å². The predicted molar refractivity (Wildman–Crippen MR) is 126 cm³/mol. The average molecular weight is 486 g/mol. The molecule has 1 aromatic carbocycles. The van der Waals surface area contributed by atoms with Crippen LogP contribution in [0.25, 0.3) is 0 Å². The molecule has 33 heavy (non-hydrogen) atoms. The van der Waals surface area contributed by atoms with E-state index in [-0.39, 0.29) is 29.0 Å². The number of hydrogen-bond donors (Lipinski definition) is 1. The van der Waals surface area contributed by atoms with Gasteiger partial charge in [-0.15, -0.1) is 11.3 Å². The molecule has 5 rings (SSSR count). The molecule has 0 saturated carbocycles. The molecule has 10 heteroatoms. The molecule has 4 heterocycles. The van der Waals surface area contributed by atoms with Gasteiger partial charge in [0.1, 0.15) is 15.6 Å². The summed E-state index contributed by atoms with van der Waals surface area (Å²) in [4.78, 5) is 25.8. The van der Waals surface area contributed by atoms with Crippen LogP contribution in [0.5, 0.6) is 5.75 Å². The minimum atomic E-state index is -3.53. The lowest BCUT2D eigenvalue weighted by Gasteiger charge is -2.42. The number of anilines is 1. The molecule has 0 aliphatic carbocycles. The number of piperidine rings is 1. The molecule has 2 aliphatic rings. The number of carbonyl (C=O) groups excluding carboxylic acids is 1. The molecule has 172 valence electrons. The minimum Gasteiger partial charge on any atom is -0.497 e. The van der Waals surface area contributed by atoms with Gasteiger partial charge in [-0.25, -0.2) is 8.42 Å². The van der Waals surface area contributed by atoms with E-state index in [1.54, 1.807) is 63.8 Å². The van der Waals surface area contributed by atoms with Crippen molar-refractivity contribution in [3.63, 3.8) is 0 Å². The first kappa shape index (κ1) is 21.9. The second-order valence-electron chi connectivity index (χ2n) is 8.32. The number of rotatable bonds is 5. The monoisotopic (exact) mass is 485 g/mol. The van der Waals surface area contributed by atoms with Crippen molar-refractivity contribution < 1.29 is 17.9 Å². The number of methoxy groups -OCH3 is 1. The van der Waals surface area contributed by atoms with E-state index in [1.807, 2.05) is 6.07 Å². The Kier molecular flexibility index (Phi) is 5.59. The van der Waals surface area contributed by atoms with Gasteiger partial charge in [0.25, 0.3) is 21.5 Å². The quantitative estimate of drug-likeness (QED) is 0.599. The molecule has 1 saturated heterocycles. The molecule has 2 aliphatic heterocycles. The maximum Gasteiger partial charge on any atom is 0.274 e. The second kappa shape index (κ2) is 8.44. The SMILES string of the molecule is COc1ccc(C(=O)Nc2ccc3n(c2=O)C[C@@H]2C[C@@H]3CN(S(=O)(=O)c3cccs3)C2)cc1. The zero-order valence-electron chi connectivity index (χ0n) is 17.9. The molecular formula is C23H23N3O5S2. The van der Waals surface area contributed by atoms with Crippen LogP contribution in [0.15, 0.2) is 62.9 Å².